The lowest BCUT2D eigenvalue weighted by Gasteiger charge is -2.47. The maximum absolute atomic E-state index is 14.4. The highest BCUT2D eigenvalue weighted by Gasteiger charge is 2.56. The first kappa shape index (κ1) is 52.1. The second-order valence-electron chi connectivity index (χ2n) is 19.2. The van der Waals surface area contributed by atoms with Crippen LogP contribution in [0.4, 0.5) is 0 Å². The lowest BCUT2D eigenvalue weighted by atomic mass is 9.81. The van der Waals surface area contributed by atoms with E-state index in [9.17, 15) is 44.4 Å². The molecule has 14 atom stereocenters. The highest BCUT2D eigenvalue weighted by atomic mass is 16.7. The predicted octanol–water partition coefficient (Wildman–Crippen LogP) is 5.43. The van der Waals surface area contributed by atoms with Crippen molar-refractivity contribution in [1.29, 1.82) is 0 Å². The van der Waals surface area contributed by atoms with E-state index in [0.29, 0.717) is 56.1 Å². The number of hydrogen-bond acceptors (Lipinski definition) is 14. The molecule has 3 fully saturated rings. The summed E-state index contributed by atoms with van der Waals surface area (Å²) in [7, 11) is 3.04. The molecule has 1 amide bonds. The molecule has 4 aliphatic rings. The number of benzene rings is 1. The minimum atomic E-state index is -2.54. The number of cyclic esters (lactones) is 1. The summed E-state index contributed by atoms with van der Waals surface area (Å²) < 4.78 is 30.1. The molecule has 15 nitrogen and oxygen atoms in total. The number of fused-ring (bicyclic) bond motifs is 3. The van der Waals surface area contributed by atoms with Gasteiger partial charge in [0.2, 0.25) is 5.79 Å². The van der Waals surface area contributed by atoms with E-state index in [-0.39, 0.29) is 68.0 Å². The molecule has 3 heterocycles. The van der Waals surface area contributed by atoms with Gasteiger partial charge in [0.25, 0.3) is 11.7 Å². The Labute approximate surface area is 383 Å². The summed E-state index contributed by atoms with van der Waals surface area (Å²) in [5, 5.41) is 44.6. The Bertz CT molecular complexity index is 1880. The normalized spacial score (nSPS) is 36.5. The molecule has 1 saturated carbocycles. The number of aliphatic hydroxyl groups is 3. The van der Waals surface area contributed by atoms with Crippen molar-refractivity contribution in [2.45, 2.75) is 167 Å². The molecule has 4 N–H and O–H groups in total. The van der Waals surface area contributed by atoms with Crippen LogP contribution in [-0.4, -0.2) is 136 Å². The summed E-state index contributed by atoms with van der Waals surface area (Å²) >= 11 is 0. The van der Waals surface area contributed by atoms with Crippen molar-refractivity contribution in [1.82, 2.24) is 4.90 Å². The van der Waals surface area contributed by atoms with E-state index < -0.39 is 90.0 Å². The van der Waals surface area contributed by atoms with Crippen LogP contribution in [0.15, 0.2) is 47.6 Å². The lowest BCUT2D eigenvalue weighted by Crippen LogP contribution is -2.64. The van der Waals surface area contributed by atoms with Crippen LogP contribution in [0, 0.1) is 29.6 Å². The summed E-state index contributed by atoms with van der Waals surface area (Å²) in [6.45, 7) is 10.8. The number of allylic oxidation sites excluding steroid dienone is 3. The highest BCUT2D eigenvalue weighted by molar-refractivity contribution is 6.39. The van der Waals surface area contributed by atoms with Gasteiger partial charge in [0.15, 0.2) is 5.78 Å². The molecule has 0 radical (unpaired) electrons. The Hall–Kier alpha value is -3.83. The van der Waals surface area contributed by atoms with Gasteiger partial charge in [-0.3, -0.25) is 19.2 Å². The number of carbonyl (C=O) groups excluding carboxylic acids is 5. The van der Waals surface area contributed by atoms with E-state index in [0.717, 1.165) is 10.5 Å². The van der Waals surface area contributed by atoms with Crippen molar-refractivity contribution >= 4 is 29.2 Å². The van der Waals surface area contributed by atoms with Crippen molar-refractivity contribution < 1.29 is 68.1 Å². The molecular weight excluding hydrogens is 839 g/mol. The van der Waals surface area contributed by atoms with Crippen LogP contribution in [0.5, 0.6) is 5.75 Å². The van der Waals surface area contributed by atoms with Gasteiger partial charge in [0.05, 0.1) is 30.5 Å². The number of Topliss-reactive ketones (excluding diaryl/α,β-unsaturated/α-hetero) is 3. The van der Waals surface area contributed by atoms with Gasteiger partial charge >= 0.3 is 5.97 Å². The van der Waals surface area contributed by atoms with Gasteiger partial charge in [-0.05, 0) is 120 Å². The first-order valence-electron chi connectivity index (χ1n) is 23.5. The van der Waals surface area contributed by atoms with Gasteiger partial charge in [-0.25, -0.2) is 4.79 Å². The van der Waals surface area contributed by atoms with Gasteiger partial charge in [0, 0.05) is 50.5 Å². The van der Waals surface area contributed by atoms with Crippen molar-refractivity contribution in [3.05, 3.63) is 53.1 Å². The molecular formula is C50H73NO14. The van der Waals surface area contributed by atoms with Gasteiger partial charge in [0.1, 0.15) is 36.4 Å². The Kier molecular flexibility index (Phi) is 18.7. The van der Waals surface area contributed by atoms with Crippen molar-refractivity contribution in [3.63, 3.8) is 0 Å². The zero-order chi connectivity index (χ0) is 47.7. The third-order valence-electron chi connectivity index (χ3n) is 14.2. The second kappa shape index (κ2) is 23.3. The molecule has 5 rings (SSSR count). The van der Waals surface area contributed by atoms with E-state index in [1.807, 2.05) is 32.9 Å². The number of nitrogens with zero attached hydrogens (tertiary/aromatic N) is 1. The summed E-state index contributed by atoms with van der Waals surface area (Å²) in [5.41, 5.74) is 1.91. The second-order valence-corrected chi connectivity index (χ2v) is 19.2. The van der Waals surface area contributed by atoms with Crippen LogP contribution >= 0.6 is 0 Å². The Morgan fingerprint density at radius 2 is 1.58 bits per heavy atom. The molecule has 1 aliphatic carbocycles. The first-order chi connectivity index (χ1) is 30.8. The number of rotatable bonds is 9. The van der Waals surface area contributed by atoms with Crippen LogP contribution in [0.1, 0.15) is 123 Å². The predicted molar refractivity (Wildman–Crippen MR) is 239 cm³/mol. The highest BCUT2D eigenvalue weighted by Crippen LogP contribution is 2.39. The van der Waals surface area contributed by atoms with E-state index in [2.05, 4.69) is 0 Å². The zero-order valence-corrected chi connectivity index (χ0v) is 39.5. The number of phenols is 1. The molecule has 2 saturated heterocycles. The smallest absolute Gasteiger partial charge is 0.329 e. The molecule has 0 spiro atoms. The molecule has 1 aromatic carbocycles. The first-order valence-corrected chi connectivity index (χ1v) is 23.5. The fraction of sp³-hybridized carbons (Fsp3) is 0.700. The molecule has 1 aromatic rings. The third-order valence-corrected chi connectivity index (χ3v) is 14.2. The standard InChI is InChI=1S/C50H73NO14/c1-9-34-21-28(2)20-29(3)22-43(61-7)46-44(62-8)24-31(5)50(60,65-46)47(57)48(58)51-19-11-10-12-37(51)49(59)64-45(32(6)38(53)26-39(34)54)30(4)23-33-13-18-42(40(55)25-33)63-27-41(56)35-14-16-36(52)17-15-35/h14-17,21,23,29,31-34,37-38,40,42-46,52-53,55,60H,9-13,18-20,22,24-27H2,1-8H3. The Morgan fingerprint density at radius 3 is 2.23 bits per heavy atom. The fourth-order valence-electron chi connectivity index (χ4n) is 10.3. The molecule has 14 unspecified atom stereocenters. The number of piperidine rings is 1. The average molecular weight is 912 g/mol. The number of amides is 1. The number of ether oxygens (including phenoxy) is 5. The minimum Gasteiger partial charge on any atom is -0.508 e. The Balaban J connectivity index is 1.44. The van der Waals surface area contributed by atoms with Crippen LogP contribution in [-0.2, 0) is 42.9 Å². The van der Waals surface area contributed by atoms with Crippen LogP contribution in [0.3, 0.4) is 0 Å². The zero-order valence-electron chi connectivity index (χ0n) is 39.5. The molecule has 362 valence electrons. The van der Waals surface area contributed by atoms with Gasteiger partial charge < -0.3 is 49.0 Å². The van der Waals surface area contributed by atoms with Gasteiger partial charge in [-0.2, -0.15) is 0 Å². The topological polar surface area (TPSA) is 216 Å². The summed E-state index contributed by atoms with van der Waals surface area (Å²) in [4.78, 5) is 70.8. The minimum absolute atomic E-state index is 0.00617. The largest absolute Gasteiger partial charge is 0.508 e. The number of aromatic hydroxyl groups is 1. The number of methoxy groups -OCH3 is 2. The maximum Gasteiger partial charge on any atom is 0.329 e. The van der Waals surface area contributed by atoms with Crippen LogP contribution in [0.2, 0.25) is 0 Å². The molecule has 65 heavy (non-hydrogen) atoms. The lowest BCUT2D eigenvalue weighted by molar-refractivity contribution is -0.302. The van der Waals surface area contributed by atoms with Crippen molar-refractivity contribution in [2.24, 2.45) is 29.6 Å². The summed E-state index contributed by atoms with van der Waals surface area (Å²) in [5.74, 6) is -8.33. The van der Waals surface area contributed by atoms with Gasteiger partial charge in [-0.1, -0.05) is 45.4 Å². The number of hydrogen-bond donors (Lipinski definition) is 4. The molecule has 0 aromatic heterocycles. The number of esters is 1. The van der Waals surface area contributed by atoms with Crippen molar-refractivity contribution in [2.75, 3.05) is 27.4 Å². The summed E-state index contributed by atoms with van der Waals surface area (Å²) in [6.07, 6.45) is 1.98. The van der Waals surface area contributed by atoms with E-state index in [4.69, 9.17) is 23.7 Å². The average Bonchev–Trinajstić information content (AvgIpc) is 3.28. The SMILES string of the molecule is CCC1C=C(C)CC(C)CC(OC)C2OC(O)(C(=O)C(=O)N3CCCCC3C(=O)OC(C(C)=CC3CCC(OCC(=O)c4ccc(O)cc4)C(O)C3)C(C)C(O)CC1=O)C(C)CC2OC. The fourth-order valence-corrected chi connectivity index (χ4v) is 10.3. The van der Waals surface area contributed by atoms with Gasteiger partial charge in [-0.15, -0.1) is 0 Å². The van der Waals surface area contributed by atoms with E-state index in [1.165, 1.54) is 38.5 Å². The quantitative estimate of drug-likeness (QED) is 0.105. The summed E-state index contributed by atoms with van der Waals surface area (Å²) in [6, 6.07) is 4.66. The Morgan fingerprint density at radius 1 is 0.908 bits per heavy atom. The number of ketones is 3. The van der Waals surface area contributed by atoms with E-state index >= 15 is 0 Å². The molecule has 3 aliphatic heterocycles. The monoisotopic (exact) mass is 912 g/mol. The number of carbonyl (C=O) groups is 5. The van der Waals surface area contributed by atoms with Crippen molar-refractivity contribution in [3.8, 4) is 5.75 Å². The molecule has 15 heteroatoms. The van der Waals surface area contributed by atoms with Crippen LogP contribution in [0.25, 0.3) is 0 Å². The van der Waals surface area contributed by atoms with Crippen LogP contribution < -0.4 is 0 Å². The number of aliphatic hydroxyl groups excluding tert-OH is 2. The maximum atomic E-state index is 14.4. The molecule has 2 bridgehead atoms. The number of phenolic OH excluding ortho intramolecular Hbond substituents is 1. The van der Waals surface area contributed by atoms with E-state index in [1.54, 1.807) is 20.8 Å². The third kappa shape index (κ3) is 12.8.